The van der Waals surface area contributed by atoms with Gasteiger partial charge in [-0.1, -0.05) is 57.9 Å². The van der Waals surface area contributed by atoms with Crippen molar-refractivity contribution < 1.29 is 32.6 Å². The third-order valence-electron chi connectivity index (χ3n) is 5.06. The highest BCUT2D eigenvalue weighted by molar-refractivity contribution is 9.10. The van der Waals surface area contributed by atoms with Crippen molar-refractivity contribution in [2.75, 3.05) is 0 Å². The number of rotatable bonds is 6. The molecule has 0 saturated heterocycles. The van der Waals surface area contributed by atoms with E-state index in [2.05, 4.69) is 15.9 Å². The van der Waals surface area contributed by atoms with E-state index in [0.717, 1.165) is 17.7 Å². The molecular formula is C27H21BrFNO6S. The maximum Gasteiger partial charge on any atom is 0.328 e. The summed E-state index contributed by atoms with van der Waals surface area (Å²) in [4.78, 5) is 21.1. The zero-order valence-electron chi connectivity index (χ0n) is 19.4. The molecule has 0 aliphatic heterocycles. The Hall–Kier alpha value is -4.02. The van der Waals surface area contributed by atoms with Crippen molar-refractivity contribution in [3.05, 3.63) is 112 Å². The average molecular weight is 586 g/mol. The molecule has 0 fully saturated rings. The number of aliphatic carboxylic acids is 2. The largest absolute Gasteiger partial charge is 0.478 e. The van der Waals surface area contributed by atoms with Crippen LogP contribution in [0.4, 0.5) is 4.39 Å². The van der Waals surface area contributed by atoms with Crippen molar-refractivity contribution in [3.63, 3.8) is 0 Å². The SMILES string of the molecule is Cc1ccc(S(=O)(=O)n2cc(C=CC(=O)O)c3ccccc32)cc1.O=C(O)C=Cc1ccc(F)cc1Br. The molecule has 0 spiro atoms. The molecule has 0 bridgehead atoms. The van der Waals surface area contributed by atoms with Gasteiger partial charge in [-0.05, 0) is 55.0 Å². The van der Waals surface area contributed by atoms with Crippen molar-refractivity contribution in [2.45, 2.75) is 11.8 Å². The van der Waals surface area contributed by atoms with Crippen molar-refractivity contribution in [1.82, 2.24) is 3.97 Å². The lowest BCUT2D eigenvalue weighted by atomic mass is 10.1. The molecule has 4 rings (SSSR count). The van der Waals surface area contributed by atoms with Gasteiger partial charge in [-0.25, -0.2) is 26.4 Å². The van der Waals surface area contributed by atoms with Gasteiger partial charge in [-0.15, -0.1) is 0 Å². The molecule has 0 unspecified atom stereocenters. The average Bonchev–Trinajstić information content (AvgIpc) is 3.22. The van der Waals surface area contributed by atoms with Crippen LogP contribution in [0.5, 0.6) is 0 Å². The van der Waals surface area contributed by atoms with Crippen LogP contribution in [-0.2, 0) is 19.6 Å². The Kier molecular flexibility index (Phi) is 8.80. The monoisotopic (exact) mass is 585 g/mol. The minimum atomic E-state index is -3.76. The molecule has 7 nitrogen and oxygen atoms in total. The highest BCUT2D eigenvalue weighted by atomic mass is 79.9. The lowest BCUT2D eigenvalue weighted by molar-refractivity contribution is -0.132. The molecule has 10 heteroatoms. The molecule has 1 heterocycles. The fourth-order valence-electron chi connectivity index (χ4n) is 3.29. The first kappa shape index (κ1) is 27.6. The smallest absolute Gasteiger partial charge is 0.328 e. The molecule has 37 heavy (non-hydrogen) atoms. The molecule has 1 aromatic heterocycles. The number of carbonyl (C=O) groups is 2. The maximum atomic E-state index is 12.9. The highest BCUT2D eigenvalue weighted by Crippen LogP contribution is 2.27. The van der Waals surface area contributed by atoms with Gasteiger partial charge in [0.05, 0.1) is 10.4 Å². The summed E-state index contributed by atoms with van der Waals surface area (Å²) in [5.74, 6) is -2.48. The highest BCUT2D eigenvalue weighted by Gasteiger charge is 2.20. The Balaban J connectivity index is 0.000000248. The number of halogens is 2. The van der Waals surface area contributed by atoms with Crippen molar-refractivity contribution in [2.24, 2.45) is 0 Å². The summed E-state index contributed by atoms with van der Waals surface area (Å²) < 4.78 is 40.2. The van der Waals surface area contributed by atoms with Gasteiger partial charge in [0.25, 0.3) is 10.0 Å². The standard InChI is InChI=1S/C18H15NO4S.C9H6BrFO2/c1-13-6-9-15(10-7-13)24(22,23)19-12-14(8-11-18(20)21)16-4-2-3-5-17(16)19;10-8-5-7(11)3-1-6(8)2-4-9(12)13/h2-12H,1H3,(H,20,21);1-5H,(H,12,13). The van der Waals surface area contributed by atoms with Crippen LogP contribution in [0.15, 0.2) is 94.4 Å². The zero-order chi connectivity index (χ0) is 27.2. The first-order valence-corrected chi connectivity index (χ1v) is 12.9. The minimum Gasteiger partial charge on any atom is -0.478 e. The van der Waals surface area contributed by atoms with Crippen LogP contribution in [0.1, 0.15) is 16.7 Å². The Morgan fingerprint density at radius 1 is 0.892 bits per heavy atom. The topological polar surface area (TPSA) is 114 Å². The normalized spacial score (nSPS) is 11.5. The van der Waals surface area contributed by atoms with Crippen molar-refractivity contribution in [1.29, 1.82) is 0 Å². The van der Waals surface area contributed by atoms with Gasteiger partial charge >= 0.3 is 11.9 Å². The van der Waals surface area contributed by atoms with E-state index in [1.54, 1.807) is 48.5 Å². The Bertz CT molecular complexity index is 1620. The van der Waals surface area contributed by atoms with E-state index in [-0.39, 0.29) is 10.7 Å². The van der Waals surface area contributed by atoms with Gasteiger partial charge < -0.3 is 10.2 Å². The van der Waals surface area contributed by atoms with Gasteiger partial charge in [0, 0.05) is 33.8 Å². The summed E-state index contributed by atoms with van der Waals surface area (Å²) in [7, 11) is -3.76. The third-order valence-corrected chi connectivity index (χ3v) is 7.43. The summed E-state index contributed by atoms with van der Waals surface area (Å²) in [6.07, 6.45) is 6.22. The van der Waals surface area contributed by atoms with Gasteiger partial charge in [-0.2, -0.15) is 0 Å². The number of hydrogen-bond donors (Lipinski definition) is 2. The molecule has 0 aliphatic rings. The number of nitrogens with zero attached hydrogens (tertiary/aromatic N) is 1. The van der Waals surface area contributed by atoms with E-state index in [9.17, 15) is 22.4 Å². The van der Waals surface area contributed by atoms with E-state index in [0.29, 0.717) is 26.5 Å². The third kappa shape index (κ3) is 7.02. The fraction of sp³-hybridized carbons (Fsp3) is 0.0370. The number of fused-ring (bicyclic) bond motifs is 1. The summed E-state index contributed by atoms with van der Waals surface area (Å²) in [6.45, 7) is 1.89. The van der Waals surface area contributed by atoms with Crippen molar-refractivity contribution >= 4 is 60.9 Å². The van der Waals surface area contributed by atoms with Crippen LogP contribution in [0.2, 0.25) is 0 Å². The first-order chi connectivity index (χ1) is 17.5. The number of benzene rings is 3. The second kappa shape index (κ2) is 11.8. The molecule has 0 amide bonds. The predicted octanol–water partition coefficient (Wildman–Crippen LogP) is 5.97. The summed E-state index contributed by atoms with van der Waals surface area (Å²) >= 11 is 3.11. The van der Waals surface area contributed by atoms with E-state index in [1.165, 1.54) is 40.5 Å². The van der Waals surface area contributed by atoms with Gasteiger partial charge in [0.1, 0.15) is 5.82 Å². The number of carboxylic acid groups (broad SMARTS) is 2. The number of para-hydroxylation sites is 1. The molecule has 4 aromatic rings. The lowest BCUT2D eigenvalue weighted by Crippen LogP contribution is -2.11. The van der Waals surface area contributed by atoms with E-state index >= 15 is 0 Å². The van der Waals surface area contributed by atoms with Crippen LogP contribution in [0.3, 0.4) is 0 Å². The van der Waals surface area contributed by atoms with Gasteiger partial charge in [0.2, 0.25) is 0 Å². The van der Waals surface area contributed by atoms with Gasteiger partial charge in [0.15, 0.2) is 0 Å². The Morgan fingerprint density at radius 2 is 1.49 bits per heavy atom. The molecule has 2 N–H and O–H groups in total. The van der Waals surface area contributed by atoms with Crippen LogP contribution in [0.25, 0.3) is 23.1 Å². The predicted molar refractivity (Wildman–Crippen MR) is 143 cm³/mol. The molecule has 0 radical (unpaired) electrons. The summed E-state index contributed by atoms with van der Waals surface area (Å²) in [5.41, 5.74) is 2.63. The maximum absolute atomic E-state index is 12.9. The second-order valence-electron chi connectivity index (χ2n) is 7.72. The first-order valence-electron chi connectivity index (χ1n) is 10.7. The number of aryl methyl sites for hydroxylation is 1. The van der Waals surface area contributed by atoms with Crippen LogP contribution < -0.4 is 0 Å². The summed E-state index contributed by atoms with van der Waals surface area (Å²) in [6, 6.07) is 17.6. The summed E-state index contributed by atoms with van der Waals surface area (Å²) in [5, 5.41) is 17.8. The molecule has 0 saturated carbocycles. The lowest BCUT2D eigenvalue weighted by Gasteiger charge is -2.07. The van der Waals surface area contributed by atoms with Crippen LogP contribution in [-0.4, -0.2) is 34.5 Å². The van der Waals surface area contributed by atoms with Crippen molar-refractivity contribution in [3.8, 4) is 0 Å². The number of aromatic nitrogens is 1. The van der Waals surface area contributed by atoms with E-state index in [4.69, 9.17) is 10.2 Å². The van der Waals surface area contributed by atoms with Gasteiger partial charge in [-0.3, -0.25) is 0 Å². The van der Waals surface area contributed by atoms with E-state index < -0.39 is 22.0 Å². The van der Waals surface area contributed by atoms with E-state index in [1.807, 2.05) is 6.92 Å². The molecule has 0 aliphatic carbocycles. The fourth-order valence-corrected chi connectivity index (χ4v) is 5.15. The zero-order valence-corrected chi connectivity index (χ0v) is 21.8. The molecule has 190 valence electrons. The van der Waals surface area contributed by atoms with Crippen LogP contribution in [0, 0.1) is 12.7 Å². The van der Waals surface area contributed by atoms with Crippen LogP contribution >= 0.6 is 15.9 Å². The minimum absolute atomic E-state index is 0.183. The Labute approximate surface area is 221 Å². The number of carboxylic acids is 2. The molecule has 3 aromatic carbocycles. The molecular weight excluding hydrogens is 565 g/mol. The Morgan fingerprint density at radius 3 is 2.08 bits per heavy atom. The second-order valence-corrected chi connectivity index (χ2v) is 10.4. The quantitative estimate of drug-likeness (QED) is 0.269. The number of hydrogen-bond acceptors (Lipinski definition) is 4. The molecule has 0 atom stereocenters.